The number of hydrogen-bond donors (Lipinski definition) is 2. The minimum absolute atomic E-state index is 0.139. The van der Waals surface area contributed by atoms with Gasteiger partial charge in [-0.15, -0.1) is 0 Å². The Morgan fingerprint density at radius 1 is 1.56 bits per heavy atom. The zero-order valence-electron chi connectivity index (χ0n) is 4.90. The molecule has 0 radical (unpaired) electrons. The molecule has 0 aliphatic rings. The van der Waals surface area contributed by atoms with Crippen molar-refractivity contribution in [2.24, 2.45) is 0 Å². The minimum atomic E-state index is -0.487. The molecule has 0 atom stereocenters. The molecule has 0 saturated carbocycles. The normalized spacial score (nSPS) is 8.22. The third-order valence-corrected chi connectivity index (χ3v) is 1.11. The number of rotatable bonds is 1. The number of nitrogens with one attached hydrogen (secondary N) is 2. The summed E-state index contributed by atoms with van der Waals surface area (Å²) in [7, 11) is 1.44. The van der Waals surface area contributed by atoms with E-state index < -0.39 is 6.03 Å². The van der Waals surface area contributed by atoms with E-state index in [9.17, 15) is 9.59 Å². The average molecular weight is 195 g/mol. The van der Waals surface area contributed by atoms with E-state index in [1.54, 1.807) is 0 Å². The SMILES string of the molecule is CNC(=O)NC(=O)CBr. The molecule has 0 aliphatic heterocycles. The molecule has 2 N–H and O–H groups in total. The van der Waals surface area contributed by atoms with Gasteiger partial charge in [-0.1, -0.05) is 15.9 Å². The molecule has 0 unspecified atom stereocenters. The van der Waals surface area contributed by atoms with Crippen LogP contribution < -0.4 is 10.6 Å². The number of urea groups is 1. The van der Waals surface area contributed by atoms with Crippen molar-refractivity contribution in [1.82, 2.24) is 10.6 Å². The monoisotopic (exact) mass is 194 g/mol. The lowest BCUT2D eigenvalue weighted by molar-refractivity contribution is -0.117. The van der Waals surface area contributed by atoms with Crippen molar-refractivity contribution in [1.29, 1.82) is 0 Å². The van der Waals surface area contributed by atoms with Crippen molar-refractivity contribution >= 4 is 27.9 Å². The molecule has 0 spiro atoms. The first-order valence-corrected chi connectivity index (χ1v) is 3.40. The van der Waals surface area contributed by atoms with Gasteiger partial charge in [-0.2, -0.15) is 0 Å². The van der Waals surface area contributed by atoms with Crippen LogP contribution in [0.5, 0.6) is 0 Å². The summed E-state index contributed by atoms with van der Waals surface area (Å²) in [6.07, 6.45) is 0. The van der Waals surface area contributed by atoms with E-state index in [1.165, 1.54) is 7.05 Å². The summed E-state index contributed by atoms with van der Waals surface area (Å²) in [5.41, 5.74) is 0. The highest BCUT2D eigenvalue weighted by molar-refractivity contribution is 9.09. The number of amides is 3. The second-order valence-corrected chi connectivity index (χ2v) is 1.82. The van der Waals surface area contributed by atoms with Crippen molar-refractivity contribution in [3.63, 3.8) is 0 Å². The van der Waals surface area contributed by atoms with E-state index >= 15 is 0 Å². The fourth-order valence-corrected chi connectivity index (χ4v) is 0.363. The molecule has 0 aromatic rings. The maximum Gasteiger partial charge on any atom is 0.321 e. The van der Waals surface area contributed by atoms with Crippen molar-refractivity contribution < 1.29 is 9.59 Å². The molecule has 9 heavy (non-hydrogen) atoms. The third-order valence-electron chi connectivity index (χ3n) is 0.601. The molecule has 0 aromatic carbocycles. The molecular formula is C4H7BrN2O2. The molecular weight excluding hydrogens is 188 g/mol. The van der Waals surface area contributed by atoms with Crippen LogP contribution in [0.25, 0.3) is 0 Å². The largest absolute Gasteiger partial charge is 0.341 e. The lowest BCUT2D eigenvalue weighted by atomic mass is 10.7. The maximum atomic E-state index is 10.4. The van der Waals surface area contributed by atoms with Gasteiger partial charge in [-0.05, 0) is 0 Å². The molecule has 0 aromatic heterocycles. The third kappa shape index (κ3) is 3.96. The van der Waals surface area contributed by atoms with Gasteiger partial charge in [0.1, 0.15) is 0 Å². The number of hydrogen-bond acceptors (Lipinski definition) is 2. The topological polar surface area (TPSA) is 58.2 Å². The number of alkyl halides is 1. The summed E-state index contributed by atoms with van der Waals surface area (Å²) >= 11 is 2.88. The van der Waals surface area contributed by atoms with Gasteiger partial charge in [0.2, 0.25) is 5.91 Å². The minimum Gasteiger partial charge on any atom is -0.341 e. The van der Waals surface area contributed by atoms with E-state index in [-0.39, 0.29) is 11.2 Å². The Morgan fingerprint density at radius 3 is 2.44 bits per heavy atom. The highest BCUT2D eigenvalue weighted by atomic mass is 79.9. The number of carbonyl (C=O) groups excluding carboxylic acids is 2. The van der Waals surface area contributed by atoms with Gasteiger partial charge in [-0.3, -0.25) is 10.1 Å². The Bertz CT molecular complexity index is 112. The molecule has 52 valence electrons. The summed E-state index contributed by atoms with van der Waals surface area (Å²) < 4.78 is 0. The average Bonchev–Trinajstić information content (AvgIpc) is 1.87. The van der Waals surface area contributed by atoms with Crippen molar-refractivity contribution in [2.45, 2.75) is 0 Å². The molecule has 5 heteroatoms. The van der Waals surface area contributed by atoms with Crippen LogP contribution in [0.2, 0.25) is 0 Å². The molecule has 3 amide bonds. The Balaban J connectivity index is 3.47. The highest BCUT2D eigenvalue weighted by Crippen LogP contribution is 1.76. The van der Waals surface area contributed by atoms with Gasteiger partial charge in [0.15, 0.2) is 0 Å². The van der Waals surface area contributed by atoms with Crippen LogP contribution in [0, 0.1) is 0 Å². The van der Waals surface area contributed by atoms with E-state index in [2.05, 4.69) is 21.2 Å². The Kier molecular flexibility index (Phi) is 4.04. The Hall–Kier alpha value is -0.580. The van der Waals surface area contributed by atoms with Crippen molar-refractivity contribution in [3.05, 3.63) is 0 Å². The van der Waals surface area contributed by atoms with Crippen LogP contribution in [0.15, 0.2) is 0 Å². The second-order valence-electron chi connectivity index (χ2n) is 1.26. The lowest BCUT2D eigenvalue weighted by Crippen LogP contribution is -2.37. The van der Waals surface area contributed by atoms with Crippen LogP contribution in [0.3, 0.4) is 0 Å². The Morgan fingerprint density at radius 2 is 2.11 bits per heavy atom. The standard InChI is InChI=1S/C4H7BrN2O2/c1-6-4(9)7-3(8)2-5/h2H2,1H3,(H2,6,7,8,9). The summed E-state index contributed by atoms with van der Waals surface area (Å²) in [5, 5.41) is 4.42. The van der Waals surface area contributed by atoms with Gasteiger partial charge in [-0.25, -0.2) is 4.79 Å². The maximum absolute atomic E-state index is 10.4. The number of imide groups is 1. The van der Waals surface area contributed by atoms with Crippen molar-refractivity contribution in [3.8, 4) is 0 Å². The van der Waals surface area contributed by atoms with E-state index in [0.717, 1.165) is 0 Å². The molecule has 4 nitrogen and oxygen atoms in total. The first-order valence-electron chi connectivity index (χ1n) is 2.28. The molecule has 0 saturated heterocycles. The fraction of sp³-hybridized carbons (Fsp3) is 0.500. The van der Waals surface area contributed by atoms with Gasteiger partial charge in [0, 0.05) is 7.05 Å². The molecule has 0 rings (SSSR count). The predicted molar refractivity (Wildman–Crippen MR) is 36.4 cm³/mol. The van der Waals surface area contributed by atoms with Gasteiger partial charge in [0.05, 0.1) is 5.33 Å². The highest BCUT2D eigenvalue weighted by Gasteiger charge is 2.00. The van der Waals surface area contributed by atoms with Gasteiger partial charge < -0.3 is 5.32 Å². The van der Waals surface area contributed by atoms with Gasteiger partial charge >= 0.3 is 6.03 Å². The summed E-state index contributed by atoms with van der Waals surface area (Å²) in [5.74, 6) is -0.352. The van der Waals surface area contributed by atoms with E-state index in [4.69, 9.17) is 0 Å². The second kappa shape index (κ2) is 4.31. The lowest BCUT2D eigenvalue weighted by Gasteiger charge is -1.97. The van der Waals surface area contributed by atoms with Crippen LogP contribution in [-0.4, -0.2) is 24.3 Å². The predicted octanol–water partition coefficient (Wildman–Crippen LogP) is -0.163. The first-order chi connectivity index (χ1) is 4.20. The van der Waals surface area contributed by atoms with Crippen LogP contribution in [0.4, 0.5) is 4.79 Å². The molecule has 0 aliphatic carbocycles. The summed E-state index contributed by atoms with van der Waals surface area (Å²) in [6, 6.07) is -0.487. The van der Waals surface area contributed by atoms with E-state index in [1.807, 2.05) is 5.32 Å². The first kappa shape index (κ1) is 8.42. The molecule has 0 fully saturated rings. The fourth-order valence-electron chi connectivity index (χ4n) is 0.223. The number of halogens is 1. The summed E-state index contributed by atoms with van der Waals surface area (Å²) in [6.45, 7) is 0. The van der Waals surface area contributed by atoms with Crippen molar-refractivity contribution in [2.75, 3.05) is 12.4 Å². The van der Waals surface area contributed by atoms with E-state index in [0.29, 0.717) is 0 Å². The number of carbonyl (C=O) groups is 2. The summed E-state index contributed by atoms with van der Waals surface area (Å²) in [4.78, 5) is 20.7. The molecule has 0 bridgehead atoms. The van der Waals surface area contributed by atoms with Crippen LogP contribution in [0.1, 0.15) is 0 Å². The van der Waals surface area contributed by atoms with Gasteiger partial charge in [0.25, 0.3) is 0 Å². The quantitative estimate of drug-likeness (QED) is 0.571. The zero-order chi connectivity index (χ0) is 7.28. The van der Waals surface area contributed by atoms with Crippen LogP contribution in [-0.2, 0) is 4.79 Å². The molecule has 0 heterocycles. The zero-order valence-corrected chi connectivity index (χ0v) is 6.49. The smallest absolute Gasteiger partial charge is 0.321 e. The van der Waals surface area contributed by atoms with Crippen LogP contribution >= 0.6 is 15.9 Å². The Labute approximate surface area is 61.1 Å².